The molecular formula is C28H38N2O6. The first-order valence-electron chi connectivity index (χ1n) is 13.7. The molecule has 3 fully saturated rings. The van der Waals surface area contributed by atoms with Gasteiger partial charge in [0, 0.05) is 56.0 Å². The van der Waals surface area contributed by atoms with E-state index in [1.165, 1.54) is 30.5 Å². The molecule has 8 nitrogen and oxygen atoms in total. The number of methoxy groups -OCH3 is 1. The second-order valence-corrected chi connectivity index (χ2v) is 11.7. The molecule has 196 valence electrons. The summed E-state index contributed by atoms with van der Waals surface area (Å²) in [5.41, 5.74) is 2.39. The molecule has 5 aliphatic rings. The van der Waals surface area contributed by atoms with Crippen molar-refractivity contribution in [2.24, 2.45) is 17.8 Å². The van der Waals surface area contributed by atoms with Gasteiger partial charge in [-0.05, 0) is 75.0 Å². The molecule has 2 aliphatic heterocycles. The predicted molar refractivity (Wildman–Crippen MR) is 132 cm³/mol. The molecule has 2 unspecified atom stereocenters. The number of aromatic hydroxyl groups is 1. The number of carboxylic acids is 1. The number of phenols is 1. The molecule has 3 aliphatic carbocycles. The van der Waals surface area contributed by atoms with Crippen LogP contribution in [0.25, 0.3) is 0 Å². The fraction of sp³-hybridized carbons (Fsp3) is 0.714. The third kappa shape index (κ3) is 3.88. The number of hydrogen-bond donors (Lipinski definition) is 3. The first-order valence-corrected chi connectivity index (χ1v) is 13.7. The van der Waals surface area contributed by atoms with E-state index in [1.807, 2.05) is 0 Å². The van der Waals surface area contributed by atoms with E-state index < -0.39 is 5.97 Å². The molecule has 2 heterocycles. The maximum atomic E-state index is 12.5. The van der Waals surface area contributed by atoms with Crippen molar-refractivity contribution in [3.05, 3.63) is 23.3 Å². The number of phenolic OH excluding ortho intramolecular Hbond substituents is 1. The van der Waals surface area contributed by atoms with E-state index in [4.69, 9.17) is 14.6 Å². The highest BCUT2D eigenvalue weighted by Crippen LogP contribution is 2.65. The minimum Gasteiger partial charge on any atom is -0.504 e. The Kier molecular flexibility index (Phi) is 6.15. The Hall–Kier alpha value is -2.32. The van der Waals surface area contributed by atoms with Gasteiger partial charge < -0.3 is 25.0 Å². The molecular weight excluding hydrogens is 460 g/mol. The number of benzene rings is 1. The number of piperidine rings is 1. The first-order chi connectivity index (χ1) is 17.4. The number of aliphatic carboxylic acids is 1. The van der Waals surface area contributed by atoms with E-state index >= 15 is 0 Å². The summed E-state index contributed by atoms with van der Waals surface area (Å²) < 4.78 is 12.7. The Morgan fingerprint density at radius 1 is 1.25 bits per heavy atom. The van der Waals surface area contributed by atoms with Crippen LogP contribution >= 0.6 is 0 Å². The molecule has 0 radical (unpaired) electrons. The lowest BCUT2D eigenvalue weighted by molar-refractivity contribution is -0.143. The Labute approximate surface area is 212 Å². The molecule has 6 rings (SSSR count). The summed E-state index contributed by atoms with van der Waals surface area (Å²) in [6.07, 6.45) is 6.80. The normalized spacial score (nSPS) is 34.1. The zero-order chi connectivity index (χ0) is 25.0. The van der Waals surface area contributed by atoms with Gasteiger partial charge in [-0.15, -0.1) is 0 Å². The lowest BCUT2D eigenvalue weighted by atomic mass is 9.49. The largest absolute Gasteiger partial charge is 0.504 e. The van der Waals surface area contributed by atoms with Crippen molar-refractivity contribution in [1.82, 2.24) is 10.2 Å². The van der Waals surface area contributed by atoms with Crippen LogP contribution in [-0.2, 0) is 26.2 Å². The fourth-order valence-corrected chi connectivity index (χ4v) is 7.93. The second-order valence-electron chi connectivity index (χ2n) is 11.7. The van der Waals surface area contributed by atoms with Crippen LogP contribution in [0.3, 0.4) is 0 Å². The number of hydrogen-bond acceptors (Lipinski definition) is 6. The molecule has 6 atom stereocenters. The average molecular weight is 499 g/mol. The van der Waals surface area contributed by atoms with Crippen LogP contribution in [0.5, 0.6) is 11.5 Å². The Balaban J connectivity index is 1.24. The van der Waals surface area contributed by atoms with Gasteiger partial charge in [-0.2, -0.15) is 0 Å². The van der Waals surface area contributed by atoms with E-state index in [9.17, 15) is 14.7 Å². The second kappa shape index (κ2) is 9.21. The summed E-state index contributed by atoms with van der Waals surface area (Å²) in [7, 11) is 1.73. The molecule has 0 aromatic heterocycles. The van der Waals surface area contributed by atoms with Gasteiger partial charge in [-0.25, -0.2) is 0 Å². The Morgan fingerprint density at radius 3 is 2.81 bits per heavy atom. The lowest BCUT2D eigenvalue weighted by Gasteiger charge is -2.61. The number of nitrogens with zero attached hydrogens (tertiary/aromatic N) is 1. The highest BCUT2D eigenvalue weighted by atomic mass is 16.5. The van der Waals surface area contributed by atoms with Gasteiger partial charge >= 0.3 is 5.97 Å². The number of nitrogens with one attached hydrogen (secondary N) is 1. The van der Waals surface area contributed by atoms with Crippen LogP contribution in [-0.4, -0.2) is 72.0 Å². The van der Waals surface area contributed by atoms with E-state index in [1.54, 1.807) is 13.2 Å². The van der Waals surface area contributed by atoms with Gasteiger partial charge in [0.15, 0.2) is 11.5 Å². The molecule has 1 aromatic carbocycles. The van der Waals surface area contributed by atoms with Gasteiger partial charge in [0.25, 0.3) is 0 Å². The van der Waals surface area contributed by atoms with Crippen molar-refractivity contribution in [3.63, 3.8) is 0 Å². The highest BCUT2D eigenvalue weighted by Gasteiger charge is 2.67. The van der Waals surface area contributed by atoms with Crippen LogP contribution in [0.1, 0.15) is 62.5 Å². The van der Waals surface area contributed by atoms with Gasteiger partial charge in [-0.1, -0.05) is 6.07 Å². The maximum Gasteiger partial charge on any atom is 0.303 e. The minimum absolute atomic E-state index is 0.0368. The van der Waals surface area contributed by atoms with E-state index in [2.05, 4.69) is 16.3 Å². The Morgan fingerprint density at radius 2 is 2.06 bits per heavy atom. The van der Waals surface area contributed by atoms with Crippen LogP contribution in [0.4, 0.5) is 0 Å². The number of amides is 1. The summed E-state index contributed by atoms with van der Waals surface area (Å²) in [5, 5.41) is 22.7. The standard InChI is InChI=1S/C28H38N2O6/c1-35-25-18(14-29-22(32)4-2-3-5-23(33)34)12-19-20-13-17-8-9-21(31)26-24(17)28(19,27(25)36-26)10-11-30(20)15-16-6-7-16/h8-9,16,18-20,25,27,31H,2-7,10-15H2,1H3,(H,29,32)(H,33,34)/t18-,19?,20-,25?,27+,28+/m1/s1. The number of carboxylic acid groups (broad SMARTS) is 1. The molecule has 1 amide bonds. The number of unbranched alkanes of at least 4 members (excludes halogenated alkanes) is 1. The summed E-state index contributed by atoms with van der Waals surface area (Å²) in [5.74, 6) is 1.35. The summed E-state index contributed by atoms with van der Waals surface area (Å²) in [4.78, 5) is 26.0. The summed E-state index contributed by atoms with van der Waals surface area (Å²) in [6.45, 7) is 2.75. The maximum absolute atomic E-state index is 12.5. The van der Waals surface area contributed by atoms with E-state index in [0.717, 1.165) is 31.7 Å². The number of carbonyl (C=O) groups is 2. The van der Waals surface area contributed by atoms with Crippen molar-refractivity contribution >= 4 is 11.9 Å². The number of carbonyl (C=O) groups excluding carboxylic acids is 1. The van der Waals surface area contributed by atoms with E-state index in [0.29, 0.717) is 43.5 Å². The fourth-order valence-electron chi connectivity index (χ4n) is 7.93. The highest BCUT2D eigenvalue weighted by molar-refractivity contribution is 5.76. The van der Waals surface area contributed by atoms with Gasteiger partial charge in [0.1, 0.15) is 6.10 Å². The molecule has 2 saturated carbocycles. The number of rotatable bonds is 10. The topological polar surface area (TPSA) is 108 Å². The van der Waals surface area contributed by atoms with Crippen molar-refractivity contribution < 1.29 is 29.3 Å². The lowest BCUT2D eigenvalue weighted by Crippen LogP contribution is -2.69. The minimum atomic E-state index is -0.824. The average Bonchev–Trinajstić information content (AvgIpc) is 3.61. The molecule has 36 heavy (non-hydrogen) atoms. The van der Waals surface area contributed by atoms with Crippen molar-refractivity contribution in [3.8, 4) is 11.5 Å². The molecule has 1 spiro atoms. The summed E-state index contributed by atoms with van der Waals surface area (Å²) >= 11 is 0. The van der Waals surface area contributed by atoms with Gasteiger partial charge in [0.05, 0.1) is 6.10 Å². The number of ether oxygens (including phenoxy) is 2. The van der Waals surface area contributed by atoms with Crippen molar-refractivity contribution in [2.75, 3.05) is 26.7 Å². The quantitative estimate of drug-likeness (QED) is 0.426. The summed E-state index contributed by atoms with van der Waals surface area (Å²) in [6, 6.07) is 4.33. The van der Waals surface area contributed by atoms with E-state index in [-0.39, 0.29) is 41.6 Å². The molecule has 1 saturated heterocycles. The predicted octanol–water partition coefficient (Wildman–Crippen LogP) is 2.84. The van der Waals surface area contributed by atoms with Crippen molar-refractivity contribution in [2.45, 2.75) is 81.5 Å². The zero-order valence-corrected chi connectivity index (χ0v) is 21.1. The Bertz CT molecular complexity index is 1040. The first kappa shape index (κ1) is 24.0. The van der Waals surface area contributed by atoms with Crippen molar-refractivity contribution in [1.29, 1.82) is 0 Å². The molecule has 3 N–H and O–H groups in total. The van der Waals surface area contributed by atoms with Gasteiger partial charge in [0.2, 0.25) is 5.91 Å². The van der Waals surface area contributed by atoms with Crippen LogP contribution in [0, 0.1) is 17.8 Å². The number of likely N-dealkylation sites (tertiary alicyclic amines) is 1. The third-order valence-electron chi connectivity index (χ3n) is 9.67. The monoisotopic (exact) mass is 498 g/mol. The molecule has 8 heteroatoms. The molecule has 2 bridgehead atoms. The van der Waals surface area contributed by atoms with Gasteiger partial charge in [-0.3, -0.25) is 14.5 Å². The van der Waals surface area contributed by atoms with Crippen LogP contribution in [0.2, 0.25) is 0 Å². The van der Waals surface area contributed by atoms with Crippen LogP contribution < -0.4 is 10.1 Å². The van der Waals surface area contributed by atoms with Crippen LogP contribution in [0.15, 0.2) is 12.1 Å². The third-order valence-corrected chi connectivity index (χ3v) is 9.67. The SMILES string of the molecule is COC1[C@@H](CNC(=O)CCCCC(=O)O)CC2[C@H]3Cc4ccc(O)c5c4[C@@]2(CCN3CC2CC2)[C@H]1O5. The zero-order valence-electron chi connectivity index (χ0n) is 21.1. The smallest absolute Gasteiger partial charge is 0.303 e. The molecule has 1 aromatic rings.